The lowest BCUT2D eigenvalue weighted by Crippen LogP contribution is -2.18. The number of H-pyrrole nitrogens is 1. The molecule has 0 saturated heterocycles. The van der Waals surface area contributed by atoms with Crippen LogP contribution in [0.5, 0.6) is 5.75 Å². The van der Waals surface area contributed by atoms with E-state index in [1.54, 1.807) is 0 Å². The van der Waals surface area contributed by atoms with Gasteiger partial charge in [0, 0.05) is 23.8 Å². The van der Waals surface area contributed by atoms with Gasteiger partial charge in [-0.15, -0.1) is 0 Å². The number of nitrogens with zero attached hydrogens (tertiary/aromatic N) is 2. The third kappa shape index (κ3) is 3.59. The second kappa shape index (κ2) is 6.73. The predicted molar refractivity (Wildman–Crippen MR) is 76.1 cm³/mol. The topological polar surface area (TPSA) is 73.7 Å². The quantitative estimate of drug-likeness (QED) is 0.845. The Morgan fingerprint density at radius 2 is 2.15 bits per heavy atom. The molecule has 0 spiro atoms. The highest BCUT2D eigenvalue weighted by molar-refractivity contribution is 5.29. The van der Waals surface area contributed by atoms with Gasteiger partial charge in [-0.25, -0.2) is 0 Å². The van der Waals surface area contributed by atoms with E-state index in [9.17, 15) is 0 Å². The highest BCUT2D eigenvalue weighted by Gasteiger charge is 2.07. The molecule has 5 heteroatoms. The number of benzene rings is 1. The number of nitriles is 1. The molecular weight excluding hydrogens is 252 g/mol. The number of hydrogen-bond acceptors (Lipinski definition) is 4. The van der Waals surface area contributed by atoms with Crippen LogP contribution in [0.4, 0.5) is 0 Å². The number of nitrogens with one attached hydrogen (secondary N) is 2. The smallest absolute Gasteiger partial charge is 0.174 e. The summed E-state index contributed by atoms with van der Waals surface area (Å²) >= 11 is 0. The van der Waals surface area contributed by atoms with Gasteiger partial charge in [-0.2, -0.15) is 10.4 Å². The Bertz CT molecular complexity index is 583. The van der Waals surface area contributed by atoms with E-state index in [2.05, 4.69) is 22.4 Å². The van der Waals surface area contributed by atoms with Crippen LogP contribution in [0.3, 0.4) is 0 Å². The van der Waals surface area contributed by atoms with Crippen LogP contribution in [0.1, 0.15) is 29.8 Å². The molecule has 0 aliphatic rings. The fourth-order valence-electron chi connectivity index (χ4n) is 1.90. The molecule has 1 aromatic heterocycles. The standard InChI is InChI=1S/C15H18N4O/c1-11(17-9-14-10-18-19-12(14)2)13-3-5-15(6-4-13)20-8-7-16/h3-6,10-11,17H,8-9H2,1-2H3,(H,18,19). The zero-order valence-electron chi connectivity index (χ0n) is 11.7. The predicted octanol–water partition coefficient (Wildman–Crippen LogP) is 2.47. The van der Waals surface area contributed by atoms with Gasteiger partial charge in [-0.05, 0) is 31.5 Å². The molecule has 1 unspecified atom stereocenters. The normalized spacial score (nSPS) is 11.8. The third-order valence-electron chi connectivity index (χ3n) is 3.22. The minimum absolute atomic E-state index is 0.0763. The van der Waals surface area contributed by atoms with Gasteiger partial charge in [-0.1, -0.05) is 12.1 Å². The Morgan fingerprint density at radius 3 is 2.75 bits per heavy atom. The van der Waals surface area contributed by atoms with Crippen LogP contribution in [0.2, 0.25) is 0 Å². The first-order chi connectivity index (χ1) is 9.70. The largest absolute Gasteiger partial charge is 0.479 e. The summed E-state index contributed by atoms with van der Waals surface area (Å²) < 4.78 is 5.23. The Hall–Kier alpha value is -2.32. The van der Waals surface area contributed by atoms with E-state index in [-0.39, 0.29) is 12.6 Å². The van der Waals surface area contributed by atoms with Crippen molar-refractivity contribution in [3.05, 3.63) is 47.3 Å². The molecule has 2 aromatic rings. The lowest BCUT2D eigenvalue weighted by Gasteiger charge is -2.14. The van der Waals surface area contributed by atoms with E-state index >= 15 is 0 Å². The van der Waals surface area contributed by atoms with Crippen molar-refractivity contribution >= 4 is 0 Å². The molecule has 104 valence electrons. The zero-order valence-corrected chi connectivity index (χ0v) is 11.7. The average molecular weight is 270 g/mol. The average Bonchev–Trinajstić information content (AvgIpc) is 2.88. The molecule has 5 nitrogen and oxygen atoms in total. The van der Waals surface area contributed by atoms with Crippen LogP contribution in [0, 0.1) is 18.3 Å². The van der Waals surface area contributed by atoms with Crippen molar-refractivity contribution in [1.29, 1.82) is 5.26 Å². The van der Waals surface area contributed by atoms with Crippen molar-refractivity contribution in [2.75, 3.05) is 6.61 Å². The van der Waals surface area contributed by atoms with E-state index in [4.69, 9.17) is 10.00 Å². The van der Waals surface area contributed by atoms with Crippen molar-refractivity contribution < 1.29 is 4.74 Å². The first kappa shape index (κ1) is 14.1. The van der Waals surface area contributed by atoms with E-state index in [0.29, 0.717) is 5.75 Å². The van der Waals surface area contributed by atoms with Crippen molar-refractivity contribution in [1.82, 2.24) is 15.5 Å². The molecule has 0 aliphatic carbocycles. The molecule has 1 heterocycles. The molecule has 0 saturated carbocycles. The van der Waals surface area contributed by atoms with Gasteiger partial charge in [0.2, 0.25) is 0 Å². The second-order valence-electron chi connectivity index (χ2n) is 4.64. The fraction of sp³-hybridized carbons (Fsp3) is 0.333. The number of aryl methyl sites for hydroxylation is 1. The summed E-state index contributed by atoms with van der Waals surface area (Å²) in [5.41, 5.74) is 3.44. The van der Waals surface area contributed by atoms with Crippen molar-refractivity contribution in [2.24, 2.45) is 0 Å². The van der Waals surface area contributed by atoms with Crippen LogP contribution in [-0.2, 0) is 6.54 Å². The van der Waals surface area contributed by atoms with Gasteiger partial charge in [-0.3, -0.25) is 5.10 Å². The minimum atomic E-state index is 0.0763. The van der Waals surface area contributed by atoms with Gasteiger partial charge in [0.15, 0.2) is 6.61 Å². The van der Waals surface area contributed by atoms with Gasteiger partial charge in [0.1, 0.15) is 11.8 Å². The molecule has 0 radical (unpaired) electrons. The Labute approximate surface area is 118 Å². The second-order valence-corrected chi connectivity index (χ2v) is 4.64. The molecule has 0 bridgehead atoms. The van der Waals surface area contributed by atoms with E-state index < -0.39 is 0 Å². The van der Waals surface area contributed by atoms with Crippen molar-refractivity contribution in [2.45, 2.75) is 26.4 Å². The summed E-state index contributed by atoms with van der Waals surface area (Å²) in [5, 5.41) is 18.8. The molecular formula is C15H18N4O. The lowest BCUT2D eigenvalue weighted by molar-refractivity contribution is 0.368. The number of rotatable bonds is 6. The molecule has 0 aliphatic heterocycles. The SMILES string of the molecule is Cc1[nH]ncc1CNC(C)c1ccc(OCC#N)cc1. The summed E-state index contributed by atoms with van der Waals surface area (Å²) in [6, 6.07) is 9.96. The van der Waals surface area contributed by atoms with Crippen LogP contribution in [0.25, 0.3) is 0 Å². The number of hydrogen-bond donors (Lipinski definition) is 2. The molecule has 20 heavy (non-hydrogen) atoms. The molecule has 0 amide bonds. The number of aromatic amines is 1. The van der Waals surface area contributed by atoms with E-state index in [0.717, 1.165) is 12.2 Å². The Morgan fingerprint density at radius 1 is 1.40 bits per heavy atom. The third-order valence-corrected chi connectivity index (χ3v) is 3.22. The van der Waals surface area contributed by atoms with Gasteiger partial charge in [0.25, 0.3) is 0 Å². The van der Waals surface area contributed by atoms with Crippen molar-refractivity contribution in [3.8, 4) is 11.8 Å². The molecule has 1 atom stereocenters. The van der Waals surface area contributed by atoms with Crippen LogP contribution in [-0.4, -0.2) is 16.8 Å². The Balaban J connectivity index is 1.90. The first-order valence-electron chi connectivity index (χ1n) is 6.52. The summed E-state index contributed by atoms with van der Waals surface area (Å²) in [6.45, 7) is 4.97. The molecule has 1 aromatic carbocycles. The summed E-state index contributed by atoms with van der Waals surface area (Å²) in [5.74, 6) is 0.716. The minimum Gasteiger partial charge on any atom is -0.479 e. The maximum Gasteiger partial charge on any atom is 0.174 e. The van der Waals surface area contributed by atoms with Gasteiger partial charge >= 0.3 is 0 Å². The summed E-state index contributed by atoms with van der Waals surface area (Å²) in [7, 11) is 0. The molecule has 0 fully saturated rings. The molecule has 2 rings (SSSR count). The van der Waals surface area contributed by atoms with Crippen molar-refractivity contribution in [3.63, 3.8) is 0 Å². The Kier molecular flexibility index (Phi) is 4.75. The van der Waals surface area contributed by atoms with Crippen LogP contribution in [0.15, 0.2) is 30.5 Å². The van der Waals surface area contributed by atoms with Crippen LogP contribution < -0.4 is 10.1 Å². The zero-order chi connectivity index (χ0) is 14.4. The van der Waals surface area contributed by atoms with E-state index in [1.807, 2.05) is 43.5 Å². The van der Waals surface area contributed by atoms with E-state index in [1.165, 1.54) is 11.1 Å². The van der Waals surface area contributed by atoms with Gasteiger partial charge < -0.3 is 10.1 Å². The maximum absolute atomic E-state index is 8.46. The number of aromatic nitrogens is 2. The lowest BCUT2D eigenvalue weighted by atomic mass is 10.1. The highest BCUT2D eigenvalue weighted by Crippen LogP contribution is 2.18. The highest BCUT2D eigenvalue weighted by atomic mass is 16.5. The fourth-order valence-corrected chi connectivity index (χ4v) is 1.90. The first-order valence-corrected chi connectivity index (χ1v) is 6.52. The summed E-state index contributed by atoms with van der Waals surface area (Å²) in [6.07, 6.45) is 1.84. The summed E-state index contributed by atoms with van der Waals surface area (Å²) in [4.78, 5) is 0. The molecule has 2 N–H and O–H groups in total. The monoisotopic (exact) mass is 270 g/mol. The number of ether oxygens (including phenoxy) is 1. The maximum atomic E-state index is 8.46. The van der Waals surface area contributed by atoms with Gasteiger partial charge in [0.05, 0.1) is 6.20 Å². The van der Waals surface area contributed by atoms with Crippen LogP contribution >= 0.6 is 0 Å².